The number of rotatable bonds is 14. The summed E-state index contributed by atoms with van der Waals surface area (Å²) >= 11 is 0. The molecule has 0 amide bonds. The molecule has 1 saturated heterocycles. The second kappa shape index (κ2) is 13.8. The van der Waals surface area contributed by atoms with Gasteiger partial charge < -0.3 is 19.7 Å². The standard InChI is InChI=1S/C34H34NO10P/c36-18-26-9-3-5-11-30(26)32(38)41-22-44-46(40,45-23-42-33(39)31-12-6-4-10-27(31)19-37)43-21-35-17-29-16-34(29,20-35)28-14-13-24-7-1-2-8-25(24)15-28/h1-15,29,36-37H,16-23H2/t29-,34+/m1/s1. The van der Waals surface area contributed by atoms with Gasteiger partial charge in [-0.2, -0.15) is 0 Å². The van der Waals surface area contributed by atoms with E-state index in [1.807, 2.05) is 17.0 Å². The van der Waals surface area contributed by atoms with Gasteiger partial charge in [0.05, 0.1) is 24.3 Å². The second-order valence-electron chi connectivity index (χ2n) is 11.3. The summed E-state index contributed by atoms with van der Waals surface area (Å²) in [6, 6.07) is 27.4. The number of piperidine rings is 1. The minimum atomic E-state index is -4.43. The molecule has 6 rings (SSSR count). The summed E-state index contributed by atoms with van der Waals surface area (Å²) in [5.74, 6) is -1.20. The number of ether oxygens (including phenoxy) is 2. The summed E-state index contributed by atoms with van der Waals surface area (Å²) in [4.78, 5) is 27.2. The molecule has 11 nitrogen and oxygen atoms in total. The quantitative estimate of drug-likeness (QED) is 0.107. The molecule has 0 unspecified atom stereocenters. The molecule has 2 fully saturated rings. The second-order valence-corrected chi connectivity index (χ2v) is 13.0. The van der Waals surface area contributed by atoms with Crippen molar-refractivity contribution in [1.29, 1.82) is 0 Å². The molecule has 0 radical (unpaired) electrons. The van der Waals surface area contributed by atoms with Crippen LogP contribution in [-0.2, 0) is 46.2 Å². The zero-order valence-corrected chi connectivity index (χ0v) is 25.8. The van der Waals surface area contributed by atoms with Crippen molar-refractivity contribution in [3.63, 3.8) is 0 Å². The van der Waals surface area contributed by atoms with Gasteiger partial charge in [-0.05, 0) is 51.9 Å². The summed E-state index contributed by atoms with van der Waals surface area (Å²) < 4.78 is 40.3. The topological polar surface area (TPSA) is 141 Å². The fraction of sp³-hybridized carbons (Fsp3) is 0.294. The Balaban J connectivity index is 1.09. The van der Waals surface area contributed by atoms with Gasteiger partial charge in [-0.3, -0.25) is 9.42 Å². The predicted molar refractivity (Wildman–Crippen MR) is 166 cm³/mol. The number of hydrogen-bond acceptors (Lipinski definition) is 11. The molecule has 0 aromatic heterocycles. The number of nitrogens with zero attached hydrogens (tertiary/aromatic N) is 1. The highest BCUT2D eigenvalue weighted by atomic mass is 31.2. The average Bonchev–Trinajstić information content (AvgIpc) is 3.67. The highest BCUT2D eigenvalue weighted by molar-refractivity contribution is 7.48. The molecule has 12 heteroatoms. The number of phosphoric acid groups is 1. The van der Waals surface area contributed by atoms with Crippen molar-refractivity contribution in [3.8, 4) is 0 Å². The monoisotopic (exact) mass is 647 g/mol. The lowest BCUT2D eigenvalue weighted by atomic mass is 9.93. The Hall–Kier alpha value is -3.93. The van der Waals surface area contributed by atoms with E-state index in [9.17, 15) is 24.4 Å². The number of aliphatic hydroxyl groups is 2. The van der Waals surface area contributed by atoms with Gasteiger partial charge in [-0.1, -0.05) is 78.9 Å². The van der Waals surface area contributed by atoms with E-state index in [2.05, 4.69) is 30.3 Å². The lowest BCUT2D eigenvalue weighted by Crippen LogP contribution is -2.29. The van der Waals surface area contributed by atoms with Crippen LogP contribution in [0.5, 0.6) is 0 Å². The largest absolute Gasteiger partial charge is 0.481 e. The fourth-order valence-electron chi connectivity index (χ4n) is 6.05. The maximum Gasteiger partial charge on any atom is 0.481 e. The van der Waals surface area contributed by atoms with Crippen LogP contribution in [-0.4, -0.2) is 60.5 Å². The Kier molecular flexibility index (Phi) is 9.62. The van der Waals surface area contributed by atoms with Crippen LogP contribution in [0.15, 0.2) is 91.0 Å². The SMILES string of the molecule is O=C(OCOP(=O)(OCOC(=O)c1ccccc1CO)OCN1C[C@H]2C[C@@]2(c2ccc3ccccc3c2)C1)c1ccccc1CO. The van der Waals surface area contributed by atoms with Gasteiger partial charge in [0.15, 0.2) is 0 Å². The third-order valence-corrected chi connectivity index (χ3v) is 9.83. The van der Waals surface area contributed by atoms with Crippen molar-refractivity contribution < 1.29 is 47.4 Å². The van der Waals surface area contributed by atoms with Gasteiger partial charge >= 0.3 is 19.8 Å². The van der Waals surface area contributed by atoms with E-state index >= 15 is 0 Å². The molecular weight excluding hydrogens is 613 g/mol. The molecule has 1 saturated carbocycles. The zero-order valence-electron chi connectivity index (χ0n) is 24.9. The van der Waals surface area contributed by atoms with Crippen molar-refractivity contribution in [2.24, 2.45) is 5.92 Å². The Labute approximate surface area is 265 Å². The molecule has 2 N–H and O–H groups in total. The summed E-state index contributed by atoms with van der Waals surface area (Å²) in [5.41, 5.74) is 2.18. The molecule has 0 bridgehead atoms. The van der Waals surface area contributed by atoms with E-state index in [1.165, 1.54) is 28.5 Å². The minimum Gasteiger partial charge on any atom is -0.434 e. The third kappa shape index (κ3) is 6.91. The number of fused-ring (bicyclic) bond motifs is 2. The maximum absolute atomic E-state index is 13.7. The number of phosphoric ester groups is 1. The fourth-order valence-corrected chi connectivity index (χ4v) is 6.95. The number of carbonyl (C=O) groups is 2. The summed E-state index contributed by atoms with van der Waals surface area (Å²) in [7, 11) is -4.43. The highest BCUT2D eigenvalue weighted by Crippen LogP contribution is 2.60. The highest BCUT2D eigenvalue weighted by Gasteiger charge is 2.60. The smallest absolute Gasteiger partial charge is 0.434 e. The average molecular weight is 648 g/mol. The Bertz CT molecular complexity index is 1710. The molecule has 4 aromatic carbocycles. The van der Waals surface area contributed by atoms with Crippen LogP contribution in [0.3, 0.4) is 0 Å². The van der Waals surface area contributed by atoms with Gasteiger partial charge in [0.2, 0.25) is 13.6 Å². The number of hydrogen-bond donors (Lipinski definition) is 2. The zero-order chi connectivity index (χ0) is 32.1. The molecule has 46 heavy (non-hydrogen) atoms. The molecule has 2 atom stereocenters. The van der Waals surface area contributed by atoms with Crippen LogP contribution in [0.25, 0.3) is 10.8 Å². The van der Waals surface area contributed by atoms with E-state index in [0.29, 0.717) is 30.1 Å². The first-order valence-corrected chi connectivity index (χ1v) is 16.3. The Morgan fingerprint density at radius 3 is 1.93 bits per heavy atom. The number of carbonyl (C=O) groups excluding carboxylic acids is 2. The van der Waals surface area contributed by atoms with Gasteiger partial charge in [0, 0.05) is 18.5 Å². The van der Waals surface area contributed by atoms with Gasteiger partial charge in [0.1, 0.15) is 6.73 Å². The molecular formula is C34H34NO10P. The summed E-state index contributed by atoms with van der Waals surface area (Å²) in [6.07, 6.45) is 1.04. The van der Waals surface area contributed by atoms with Crippen LogP contribution in [0.1, 0.15) is 43.8 Å². The van der Waals surface area contributed by atoms with Crippen molar-refractivity contribution in [3.05, 3.63) is 119 Å². The normalized spacial score (nSPS) is 19.1. The van der Waals surface area contributed by atoms with Crippen LogP contribution < -0.4 is 0 Å². The van der Waals surface area contributed by atoms with Crippen molar-refractivity contribution >= 4 is 30.5 Å². The summed E-state index contributed by atoms with van der Waals surface area (Å²) in [5, 5.41) is 21.4. The van der Waals surface area contributed by atoms with Crippen LogP contribution in [0, 0.1) is 5.92 Å². The Morgan fingerprint density at radius 1 is 0.761 bits per heavy atom. The molecule has 4 aromatic rings. The van der Waals surface area contributed by atoms with Crippen LogP contribution >= 0.6 is 7.82 Å². The van der Waals surface area contributed by atoms with E-state index in [1.54, 1.807) is 36.4 Å². The molecule has 240 valence electrons. The number of benzene rings is 4. The number of esters is 2. The Morgan fingerprint density at radius 2 is 1.33 bits per heavy atom. The first-order chi connectivity index (χ1) is 22.3. The van der Waals surface area contributed by atoms with Crippen molar-refractivity contribution in [2.45, 2.75) is 25.0 Å². The lowest BCUT2D eigenvalue weighted by Gasteiger charge is -2.24. The summed E-state index contributed by atoms with van der Waals surface area (Å²) in [6.45, 7) is -1.05. The predicted octanol–water partition coefficient (Wildman–Crippen LogP) is 5.14. The number of aliphatic hydroxyl groups excluding tert-OH is 2. The van der Waals surface area contributed by atoms with Gasteiger partial charge in [-0.15, -0.1) is 0 Å². The van der Waals surface area contributed by atoms with Gasteiger partial charge in [-0.25, -0.2) is 23.2 Å². The van der Waals surface area contributed by atoms with Gasteiger partial charge in [0.25, 0.3) is 0 Å². The first-order valence-electron chi connectivity index (χ1n) is 14.8. The lowest BCUT2D eigenvalue weighted by molar-refractivity contribution is -0.0331. The molecule has 1 aliphatic carbocycles. The molecule has 0 spiro atoms. The van der Waals surface area contributed by atoms with Crippen molar-refractivity contribution in [2.75, 3.05) is 33.4 Å². The number of likely N-dealkylation sites (tertiary alicyclic amines) is 1. The maximum atomic E-state index is 13.7. The molecule has 2 aliphatic rings. The molecule has 1 aliphatic heterocycles. The van der Waals surface area contributed by atoms with E-state index in [4.69, 9.17) is 23.0 Å². The first kappa shape index (κ1) is 32.0. The van der Waals surface area contributed by atoms with Crippen LogP contribution in [0.4, 0.5) is 0 Å². The third-order valence-electron chi connectivity index (χ3n) is 8.56. The molecule has 1 heterocycles. The van der Waals surface area contributed by atoms with E-state index < -0.39 is 33.3 Å². The van der Waals surface area contributed by atoms with Crippen LogP contribution in [0.2, 0.25) is 0 Å². The van der Waals surface area contributed by atoms with E-state index in [-0.39, 0.29) is 36.5 Å². The van der Waals surface area contributed by atoms with Crippen molar-refractivity contribution in [1.82, 2.24) is 4.90 Å². The van der Waals surface area contributed by atoms with E-state index in [0.717, 1.165) is 6.42 Å². The minimum absolute atomic E-state index is 0.0235.